The molecule has 0 radical (unpaired) electrons. The van der Waals surface area contributed by atoms with E-state index in [-0.39, 0.29) is 0 Å². The highest BCUT2D eigenvalue weighted by Gasteiger charge is 2.44. The number of rotatable bonds is 2. The zero-order valence-electron chi connectivity index (χ0n) is 11.4. The van der Waals surface area contributed by atoms with Gasteiger partial charge >= 0.3 is 0 Å². The normalized spacial score (nSPS) is 26.6. The topological polar surface area (TPSA) is 35.3 Å². The molecule has 0 N–H and O–H groups in total. The number of hydrogen-bond donors (Lipinski definition) is 0. The molecule has 3 rings (SSSR count). The van der Waals surface area contributed by atoms with Crippen LogP contribution >= 0.6 is 0 Å². The molecule has 0 saturated carbocycles. The third-order valence-corrected chi connectivity index (χ3v) is 4.43. The van der Waals surface area contributed by atoms with Gasteiger partial charge in [0.15, 0.2) is 12.3 Å². The van der Waals surface area contributed by atoms with Crippen molar-refractivity contribution in [2.75, 3.05) is 13.7 Å². The molecule has 2 atom stereocenters. The standard InChI is InChI=1S/C16H19NO2/c1-11-15(19-2)9-8-13-14(10-17(18)16(11)13)12-6-4-3-5-7-12/h3-7,13-14H,8-10H2,1-2H3. The number of benzene rings is 1. The Hall–Kier alpha value is -1.77. The monoisotopic (exact) mass is 257 g/mol. The molecular weight excluding hydrogens is 238 g/mol. The minimum atomic E-state index is 0.321. The summed E-state index contributed by atoms with van der Waals surface area (Å²) in [6.45, 7) is 2.58. The summed E-state index contributed by atoms with van der Waals surface area (Å²) in [5, 5.41) is 12.3. The number of fused-ring (bicyclic) bond motifs is 1. The second-order valence-electron chi connectivity index (χ2n) is 5.36. The maximum absolute atomic E-state index is 12.3. The fourth-order valence-corrected chi connectivity index (χ4v) is 3.49. The highest BCUT2D eigenvalue weighted by atomic mass is 16.5. The van der Waals surface area contributed by atoms with Crippen molar-refractivity contribution in [3.05, 3.63) is 52.4 Å². The molecule has 1 heterocycles. The Kier molecular flexibility index (Phi) is 3.05. The molecule has 0 aromatic heterocycles. The lowest BCUT2D eigenvalue weighted by Crippen LogP contribution is -2.25. The molecule has 0 saturated heterocycles. The fourth-order valence-electron chi connectivity index (χ4n) is 3.49. The Bertz CT molecular complexity index is 545. The molecular formula is C16H19NO2. The van der Waals surface area contributed by atoms with Gasteiger partial charge in [0.1, 0.15) is 5.76 Å². The van der Waals surface area contributed by atoms with E-state index in [1.165, 1.54) is 10.3 Å². The summed E-state index contributed by atoms with van der Waals surface area (Å²) < 4.78 is 6.57. The molecule has 3 nitrogen and oxygen atoms in total. The predicted molar refractivity (Wildman–Crippen MR) is 75.1 cm³/mol. The van der Waals surface area contributed by atoms with Crippen LogP contribution in [0.25, 0.3) is 0 Å². The van der Waals surface area contributed by atoms with Crippen LogP contribution in [0.1, 0.15) is 31.2 Å². The van der Waals surface area contributed by atoms with Gasteiger partial charge in [0.2, 0.25) is 0 Å². The zero-order chi connectivity index (χ0) is 13.4. The summed E-state index contributed by atoms with van der Waals surface area (Å²) in [6.07, 6.45) is 1.95. The van der Waals surface area contributed by atoms with Gasteiger partial charge in [0.25, 0.3) is 0 Å². The van der Waals surface area contributed by atoms with Crippen LogP contribution in [-0.2, 0) is 4.74 Å². The van der Waals surface area contributed by atoms with E-state index in [1.54, 1.807) is 7.11 Å². The van der Waals surface area contributed by atoms with Crippen LogP contribution in [0.15, 0.2) is 41.7 Å². The lowest BCUT2D eigenvalue weighted by atomic mass is 9.77. The molecule has 0 amide bonds. The predicted octanol–water partition coefficient (Wildman–Crippen LogP) is 3.07. The average Bonchev–Trinajstić information content (AvgIpc) is 2.78. The molecule has 19 heavy (non-hydrogen) atoms. The molecule has 3 heteroatoms. The van der Waals surface area contributed by atoms with Crippen molar-refractivity contribution in [2.45, 2.75) is 25.7 Å². The Balaban J connectivity index is 1.97. The van der Waals surface area contributed by atoms with Gasteiger partial charge in [-0.3, -0.25) is 0 Å². The number of ether oxygens (including phenoxy) is 1. The zero-order valence-corrected chi connectivity index (χ0v) is 11.4. The molecule has 0 spiro atoms. The van der Waals surface area contributed by atoms with Crippen LogP contribution in [-0.4, -0.2) is 24.1 Å². The van der Waals surface area contributed by atoms with E-state index in [9.17, 15) is 5.21 Å². The Morgan fingerprint density at radius 3 is 2.63 bits per heavy atom. The molecule has 1 aliphatic heterocycles. The highest BCUT2D eigenvalue weighted by Crippen LogP contribution is 2.40. The fraction of sp³-hybridized carbons (Fsp3) is 0.438. The summed E-state index contributed by atoms with van der Waals surface area (Å²) in [7, 11) is 1.69. The van der Waals surface area contributed by atoms with E-state index in [0.717, 1.165) is 29.9 Å². The Labute approximate surface area is 113 Å². The first-order chi connectivity index (χ1) is 9.22. The van der Waals surface area contributed by atoms with Gasteiger partial charge < -0.3 is 9.94 Å². The first-order valence-electron chi connectivity index (χ1n) is 6.83. The van der Waals surface area contributed by atoms with Crippen molar-refractivity contribution >= 4 is 5.71 Å². The van der Waals surface area contributed by atoms with Crippen molar-refractivity contribution in [1.29, 1.82) is 0 Å². The number of hydroxylamine groups is 1. The van der Waals surface area contributed by atoms with E-state index >= 15 is 0 Å². The van der Waals surface area contributed by atoms with Gasteiger partial charge in [0, 0.05) is 6.42 Å². The van der Waals surface area contributed by atoms with Gasteiger partial charge in [-0.25, -0.2) is 4.74 Å². The minimum Gasteiger partial charge on any atom is -0.624 e. The van der Waals surface area contributed by atoms with Crippen LogP contribution < -0.4 is 0 Å². The van der Waals surface area contributed by atoms with Gasteiger partial charge in [-0.2, -0.15) is 0 Å². The largest absolute Gasteiger partial charge is 0.624 e. The lowest BCUT2D eigenvalue weighted by molar-refractivity contribution is -0.450. The summed E-state index contributed by atoms with van der Waals surface area (Å²) in [5.41, 5.74) is 3.26. The summed E-state index contributed by atoms with van der Waals surface area (Å²) in [6, 6.07) is 10.4. The van der Waals surface area contributed by atoms with Gasteiger partial charge in [-0.05, 0) is 18.9 Å². The van der Waals surface area contributed by atoms with Crippen molar-refractivity contribution in [3.63, 3.8) is 0 Å². The van der Waals surface area contributed by atoms with Crippen LogP contribution in [0.5, 0.6) is 0 Å². The van der Waals surface area contributed by atoms with E-state index in [0.29, 0.717) is 18.4 Å². The lowest BCUT2D eigenvalue weighted by Gasteiger charge is -2.23. The van der Waals surface area contributed by atoms with Gasteiger partial charge in [-0.15, -0.1) is 0 Å². The van der Waals surface area contributed by atoms with E-state index in [2.05, 4.69) is 24.3 Å². The maximum Gasteiger partial charge on any atom is 0.197 e. The molecule has 1 aromatic carbocycles. The maximum atomic E-state index is 12.3. The summed E-state index contributed by atoms with van der Waals surface area (Å²) in [4.78, 5) is 0. The number of methoxy groups -OCH3 is 1. The van der Waals surface area contributed by atoms with Crippen LogP contribution in [0.2, 0.25) is 0 Å². The molecule has 2 unspecified atom stereocenters. The van der Waals surface area contributed by atoms with Crippen molar-refractivity contribution in [2.24, 2.45) is 5.92 Å². The molecule has 2 aliphatic rings. The van der Waals surface area contributed by atoms with Crippen LogP contribution in [0.4, 0.5) is 0 Å². The summed E-state index contributed by atoms with van der Waals surface area (Å²) in [5.74, 6) is 1.64. The molecule has 100 valence electrons. The number of nitrogens with zero attached hydrogens (tertiary/aromatic N) is 1. The van der Waals surface area contributed by atoms with Gasteiger partial charge in [-0.1, -0.05) is 30.3 Å². The van der Waals surface area contributed by atoms with Gasteiger partial charge in [0.05, 0.1) is 24.5 Å². The average molecular weight is 257 g/mol. The van der Waals surface area contributed by atoms with E-state index in [4.69, 9.17) is 4.74 Å². The first kappa shape index (κ1) is 12.3. The summed E-state index contributed by atoms with van der Waals surface area (Å²) >= 11 is 0. The number of hydrogen-bond acceptors (Lipinski definition) is 2. The second kappa shape index (κ2) is 4.72. The van der Waals surface area contributed by atoms with E-state index in [1.807, 2.05) is 13.0 Å². The molecule has 0 fully saturated rings. The van der Waals surface area contributed by atoms with E-state index < -0.39 is 0 Å². The second-order valence-corrected chi connectivity index (χ2v) is 5.36. The first-order valence-corrected chi connectivity index (χ1v) is 6.83. The Morgan fingerprint density at radius 2 is 1.95 bits per heavy atom. The molecule has 1 aromatic rings. The molecule has 0 bridgehead atoms. The third-order valence-electron chi connectivity index (χ3n) is 4.43. The van der Waals surface area contributed by atoms with Crippen LogP contribution in [0.3, 0.4) is 0 Å². The number of allylic oxidation sites excluding steroid dienone is 2. The third kappa shape index (κ3) is 1.93. The smallest absolute Gasteiger partial charge is 0.197 e. The minimum absolute atomic E-state index is 0.321. The van der Waals surface area contributed by atoms with Crippen molar-refractivity contribution < 1.29 is 9.48 Å². The van der Waals surface area contributed by atoms with Crippen molar-refractivity contribution in [3.8, 4) is 0 Å². The van der Waals surface area contributed by atoms with Crippen molar-refractivity contribution in [1.82, 2.24) is 0 Å². The Morgan fingerprint density at radius 1 is 1.21 bits per heavy atom. The molecule has 1 aliphatic carbocycles. The highest BCUT2D eigenvalue weighted by molar-refractivity contribution is 6.00. The van der Waals surface area contributed by atoms with Crippen LogP contribution in [0, 0.1) is 11.1 Å². The quantitative estimate of drug-likeness (QED) is 0.603. The SMILES string of the molecule is COC1=C(C)C2=[N+]([O-])CC(c3ccccc3)C2CC1.